The fourth-order valence-electron chi connectivity index (χ4n) is 1.87. The van der Waals surface area contributed by atoms with Gasteiger partial charge >= 0.3 is 5.97 Å². The molecule has 0 radical (unpaired) electrons. The quantitative estimate of drug-likeness (QED) is 0.857. The number of carbonyl (C=O) groups is 2. The lowest BCUT2D eigenvalue weighted by Crippen LogP contribution is -2.40. The second kappa shape index (κ2) is 4.17. The normalized spacial score (nSPS) is 20.1. The zero-order chi connectivity index (χ0) is 11.7. The Kier molecular flexibility index (Phi) is 2.87. The average molecular weight is 244 g/mol. The molecule has 1 aromatic rings. The molecule has 5 nitrogen and oxygen atoms in total. The molecule has 1 N–H and O–H groups in total. The van der Waals surface area contributed by atoms with Gasteiger partial charge < -0.3 is 14.4 Å². The standard InChI is InChI=1S/C10H10ClNO4/c11-8-6(3-5-16-8)9(13)12-4-1-2-7(12)10(14)15/h3,5,7H,1-2,4H2,(H,14,15)/t7-/m0/s1. The van der Waals surface area contributed by atoms with E-state index >= 15 is 0 Å². The maximum absolute atomic E-state index is 12.0. The van der Waals surface area contributed by atoms with Gasteiger partial charge in [-0.3, -0.25) is 4.79 Å². The Morgan fingerprint density at radius 2 is 2.31 bits per heavy atom. The highest BCUT2D eigenvalue weighted by atomic mass is 35.5. The van der Waals surface area contributed by atoms with Crippen molar-refractivity contribution in [3.8, 4) is 0 Å². The van der Waals surface area contributed by atoms with Crippen molar-refractivity contribution in [1.82, 2.24) is 4.90 Å². The van der Waals surface area contributed by atoms with Gasteiger partial charge in [0.15, 0.2) is 0 Å². The molecule has 1 atom stereocenters. The smallest absolute Gasteiger partial charge is 0.326 e. The van der Waals surface area contributed by atoms with Crippen molar-refractivity contribution in [3.63, 3.8) is 0 Å². The lowest BCUT2D eigenvalue weighted by atomic mass is 10.2. The lowest BCUT2D eigenvalue weighted by Gasteiger charge is -2.20. The molecule has 0 saturated carbocycles. The van der Waals surface area contributed by atoms with E-state index < -0.39 is 12.0 Å². The average Bonchev–Trinajstić information content (AvgIpc) is 2.84. The molecular weight excluding hydrogens is 234 g/mol. The summed E-state index contributed by atoms with van der Waals surface area (Å²) in [6.07, 6.45) is 2.48. The van der Waals surface area contributed by atoms with Crippen molar-refractivity contribution in [2.45, 2.75) is 18.9 Å². The molecule has 0 bridgehead atoms. The van der Waals surface area contributed by atoms with Crippen LogP contribution in [0.5, 0.6) is 0 Å². The molecule has 86 valence electrons. The second-order valence-electron chi connectivity index (χ2n) is 3.60. The number of likely N-dealkylation sites (tertiary alicyclic amines) is 1. The first-order valence-corrected chi connectivity index (χ1v) is 5.26. The van der Waals surface area contributed by atoms with Crippen LogP contribution >= 0.6 is 11.6 Å². The summed E-state index contributed by atoms with van der Waals surface area (Å²) in [5.41, 5.74) is 0.217. The number of hydrogen-bond donors (Lipinski definition) is 1. The van der Waals surface area contributed by atoms with Crippen molar-refractivity contribution >= 4 is 23.5 Å². The monoisotopic (exact) mass is 243 g/mol. The van der Waals surface area contributed by atoms with Crippen LogP contribution in [-0.2, 0) is 4.79 Å². The van der Waals surface area contributed by atoms with Crippen molar-refractivity contribution < 1.29 is 19.1 Å². The van der Waals surface area contributed by atoms with Crippen LogP contribution in [0.4, 0.5) is 0 Å². The van der Waals surface area contributed by atoms with Crippen LogP contribution in [0, 0.1) is 0 Å². The number of rotatable bonds is 2. The second-order valence-corrected chi connectivity index (χ2v) is 3.95. The van der Waals surface area contributed by atoms with Gasteiger partial charge in [0.2, 0.25) is 5.22 Å². The molecular formula is C10H10ClNO4. The Hall–Kier alpha value is -1.49. The summed E-state index contributed by atoms with van der Waals surface area (Å²) in [5.74, 6) is -1.37. The number of hydrogen-bond acceptors (Lipinski definition) is 3. The summed E-state index contributed by atoms with van der Waals surface area (Å²) in [5, 5.41) is 8.95. The van der Waals surface area contributed by atoms with Gasteiger partial charge in [-0.2, -0.15) is 0 Å². The minimum atomic E-state index is -0.981. The molecule has 16 heavy (non-hydrogen) atoms. The maximum atomic E-state index is 12.0. The van der Waals surface area contributed by atoms with E-state index in [4.69, 9.17) is 21.1 Å². The van der Waals surface area contributed by atoms with E-state index in [-0.39, 0.29) is 16.7 Å². The van der Waals surface area contributed by atoms with E-state index in [0.717, 1.165) is 0 Å². The molecule has 0 unspecified atom stereocenters. The van der Waals surface area contributed by atoms with E-state index in [0.29, 0.717) is 19.4 Å². The molecule has 6 heteroatoms. The fourth-order valence-corrected chi connectivity index (χ4v) is 2.06. The summed E-state index contributed by atoms with van der Waals surface area (Å²) in [6, 6.07) is 0.695. The van der Waals surface area contributed by atoms with Gasteiger partial charge in [0.05, 0.1) is 11.8 Å². The first kappa shape index (κ1) is 11.0. The van der Waals surface area contributed by atoms with Gasteiger partial charge in [-0.25, -0.2) is 4.79 Å². The first-order chi connectivity index (χ1) is 7.61. The highest BCUT2D eigenvalue weighted by molar-refractivity contribution is 6.32. The summed E-state index contributed by atoms with van der Waals surface area (Å²) >= 11 is 5.68. The van der Waals surface area contributed by atoms with Gasteiger partial charge in [0.25, 0.3) is 5.91 Å². The Balaban J connectivity index is 2.22. The molecule has 0 spiro atoms. The number of carboxylic acid groups (broad SMARTS) is 1. The molecule has 1 amide bonds. The van der Waals surface area contributed by atoms with Gasteiger partial charge in [-0.15, -0.1) is 0 Å². The third-order valence-electron chi connectivity index (χ3n) is 2.65. The number of halogens is 1. The van der Waals surface area contributed by atoms with Gasteiger partial charge in [0.1, 0.15) is 6.04 Å². The predicted molar refractivity (Wildman–Crippen MR) is 55.4 cm³/mol. The van der Waals surface area contributed by atoms with Gasteiger partial charge in [-0.1, -0.05) is 0 Å². The van der Waals surface area contributed by atoms with E-state index in [9.17, 15) is 9.59 Å². The highest BCUT2D eigenvalue weighted by Crippen LogP contribution is 2.24. The Labute approximate surface area is 96.6 Å². The predicted octanol–water partition coefficient (Wildman–Crippen LogP) is 1.62. The highest BCUT2D eigenvalue weighted by Gasteiger charge is 2.35. The lowest BCUT2D eigenvalue weighted by molar-refractivity contribution is -0.141. The van der Waals surface area contributed by atoms with Crippen LogP contribution in [0.3, 0.4) is 0 Å². The zero-order valence-corrected chi connectivity index (χ0v) is 9.11. The summed E-state index contributed by atoms with van der Waals surface area (Å²) in [7, 11) is 0. The van der Waals surface area contributed by atoms with Crippen LogP contribution in [0.1, 0.15) is 23.2 Å². The SMILES string of the molecule is O=C(O)[C@@H]1CCCN1C(=O)c1ccoc1Cl. The van der Waals surface area contributed by atoms with Crippen molar-refractivity contribution in [1.29, 1.82) is 0 Å². The molecule has 1 aromatic heterocycles. The summed E-state index contributed by atoms with van der Waals surface area (Å²) in [4.78, 5) is 24.2. The van der Waals surface area contributed by atoms with Crippen LogP contribution in [-0.4, -0.2) is 34.5 Å². The molecule has 1 aliphatic heterocycles. The molecule has 1 fully saturated rings. The fraction of sp³-hybridized carbons (Fsp3) is 0.400. The minimum absolute atomic E-state index is 0.000962. The third-order valence-corrected chi connectivity index (χ3v) is 2.94. The van der Waals surface area contributed by atoms with E-state index in [1.165, 1.54) is 17.2 Å². The van der Waals surface area contributed by atoms with Crippen molar-refractivity contribution in [2.75, 3.05) is 6.54 Å². The molecule has 0 aromatic carbocycles. The van der Waals surface area contributed by atoms with Gasteiger partial charge in [0, 0.05) is 6.54 Å². The van der Waals surface area contributed by atoms with E-state index in [1.807, 2.05) is 0 Å². The minimum Gasteiger partial charge on any atom is -0.480 e. The summed E-state index contributed by atoms with van der Waals surface area (Å²) in [6.45, 7) is 0.442. The van der Waals surface area contributed by atoms with Crippen LogP contribution < -0.4 is 0 Å². The van der Waals surface area contributed by atoms with E-state index in [2.05, 4.69) is 0 Å². The summed E-state index contributed by atoms with van der Waals surface area (Å²) < 4.78 is 4.81. The molecule has 1 aliphatic rings. The number of amides is 1. The van der Waals surface area contributed by atoms with Crippen LogP contribution in [0.15, 0.2) is 16.7 Å². The molecule has 2 rings (SSSR count). The molecule has 1 saturated heterocycles. The molecule has 2 heterocycles. The van der Waals surface area contributed by atoms with Gasteiger partial charge in [-0.05, 0) is 30.5 Å². The number of nitrogens with zero attached hydrogens (tertiary/aromatic N) is 1. The van der Waals surface area contributed by atoms with Crippen LogP contribution in [0.2, 0.25) is 5.22 Å². The Morgan fingerprint density at radius 3 is 2.88 bits per heavy atom. The number of carboxylic acids is 1. The maximum Gasteiger partial charge on any atom is 0.326 e. The zero-order valence-electron chi connectivity index (χ0n) is 8.35. The number of aliphatic carboxylic acids is 1. The van der Waals surface area contributed by atoms with Crippen LogP contribution in [0.25, 0.3) is 0 Å². The third kappa shape index (κ3) is 1.78. The van der Waals surface area contributed by atoms with E-state index in [1.54, 1.807) is 0 Å². The van der Waals surface area contributed by atoms with Crippen molar-refractivity contribution in [2.24, 2.45) is 0 Å². The largest absolute Gasteiger partial charge is 0.480 e. The Morgan fingerprint density at radius 1 is 1.56 bits per heavy atom. The Bertz CT molecular complexity index is 428. The molecule has 0 aliphatic carbocycles. The van der Waals surface area contributed by atoms with Crippen molar-refractivity contribution in [3.05, 3.63) is 23.1 Å². The number of furan rings is 1. The number of carbonyl (C=O) groups excluding carboxylic acids is 1. The first-order valence-electron chi connectivity index (χ1n) is 4.88. The topological polar surface area (TPSA) is 70.8 Å².